The monoisotopic (exact) mass is 187 g/mol. The molecule has 1 rings (SSSR count). The predicted octanol–water partition coefficient (Wildman–Crippen LogP) is 0.724. The fourth-order valence-electron chi connectivity index (χ4n) is 0.894. The van der Waals surface area contributed by atoms with E-state index in [9.17, 15) is 9.18 Å². The van der Waals surface area contributed by atoms with Crippen molar-refractivity contribution in [2.45, 2.75) is 26.1 Å². The zero-order valence-corrected chi connectivity index (χ0v) is 7.14. The minimum absolute atomic E-state index is 0.152. The molecule has 0 aliphatic carbocycles. The molecule has 1 unspecified atom stereocenters. The molecule has 0 radical (unpaired) electrons. The van der Waals surface area contributed by atoms with Crippen LogP contribution in [-0.2, 0) is 6.54 Å². The van der Waals surface area contributed by atoms with Gasteiger partial charge in [0.15, 0.2) is 0 Å². The Morgan fingerprint density at radius 2 is 2.54 bits per heavy atom. The van der Waals surface area contributed by atoms with Crippen LogP contribution < -0.4 is 0 Å². The van der Waals surface area contributed by atoms with Crippen molar-refractivity contribution in [1.29, 1.82) is 0 Å². The summed E-state index contributed by atoms with van der Waals surface area (Å²) in [7, 11) is 0. The highest BCUT2D eigenvalue weighted by Gasteiger charge is 2.12. The summed E-state index contributed by atoms with van der Waals surface area (Å²) in [6.45, 7) is 1.65. The number of carbonyl (C=O) groups is 1. The number of aryl methyl sites for hydroxylation is 1. The number of halogens is 1. The fourth-order valence-corrected chi connectivity index (χ4v) is 0.894. The van der Waals surface area contributed by atoms with Crippen LogP contribution in [0.2, 0.25) is 0 Å². The minimum Gasteiger partial charge on any atom is -0.475 e. The van der Waals surface area contributed by atoms with E-state index in [-0.39, 0.29) is 18.8 Å². The predicted molar refractivity (Wildman–Crippen MR) is 42.2 cm³/mol. The third-order valence-corrected chi connectivity index (χ3v) is 1.55. The van der Waals surface area contributed by atoms with E-state index >= 15 is 0 Å². The lowest BCUT2D eigenvalue weighted by molar-refractivity contribution is 0.0675. The Balaban J connectivity index is 2.65. The molecule has 1 N–H and O–H groups in total. The SMILES string of the molecule is CC(F)CCn1ncnc1C(=O)O. The second-order valence-corrected chi connectivity index (χ2v) is 2.68. The first-order valence-corrected chi connectivity index (χ1v) is 3.86. The van der Waals surface area contributed by atoms with Gasteiger partial charge in [-0.2, -0.15) is 5.10 Å². The number of rotatable bonds is 4. The Hall–Kier alpha value is -1.46. The number of carboxylic acid groups (broad SMARTS) is 1. The van der Waals surface area contributed by atoms with E-state index in [4.69, 9.17) is 5.11 Å². The largest absolute Gasteiger partial charge is 0.475 e. The number of hydrogen-bond donors (Lipinski definition) is 1. The summed E-state index contributed by atoms with van der Waals surface area (Å²) in [6, 6.07) is 0. The van der Waals surface area contributed by atoms with Crippen molar-refractivity contribution >= 4 is 5.97 Å². The minimum atomic E-state index is -1.15. The molecule has 0 aromatic carbocycles. The van der Waals surface area contributed by atoms with Crippen LogP contribution in [-0.4, -0.2) is 32.0 Å². The van der Waals surface area contributed by atoms with Gasteiger partial charge in [-0.15, -0.1) is 0 Å². The maximum atomic E-state index is 12.4. The van der Waals surface area contributed by atoms with Crippen molar-refractivity contribution in [2.75, 3.05) is 0 Å². The number of carboxylic acids is 1. The molecule has 0 aliphatic rings. The number of alkyl halides is 1. The number of aromatic carboxylic acids is 1. The standard InChI is InChI=1S/C7H10FN3O2/c1-5(8)2-3-11-6(7(12)13)9-4-10-11/h4-5H,2-3H2,1H3,(H,12,13). The number of hydrogen-bond acceptors (Lipinski definition) is 3. The van der Waals surface area contributed by atoms with Gasteiger partial charge in [0, 0.05) is 6.54 Å². The van der Waals surface area contributed by atoms with Gasteiger partial charge in [-0.1, -0.05) is 0 Å². The molecule has 0 bridgehead atoms. The molecule has 5 nitrogen and oxygen atoms in total. The molecule has 0 saturated heterocycles. The van der Waals surface area contributed by atoms with Crippen LogP contribution in [0, 0.1) is 0 Å². The van der Waals surface area contributed by atoms with Gasteiger partial charge in [0.1, 0.15) is 6.33 Å². The number of aromatic nitrogens is 3. The van der Waals surface area contributed by atoms with Gasteiger partial charge in [-0.25, -0.2) is 18.9 Å². The Morgan fingerprint density at radius 3 is 3.08 bits per heavy atom. The quantitative estimate of drug-likeness (QED) is 0.754. The van der Waals surface area contributed by atoms with Crippen LogP contribution in [0.25, 0.3) is 0 Å². The Bertz CT molecular complexity index is 298. The topological polar surface area (TPSA) is 68.0 Å². The van der Waals surface area contributed by atoms with Crippen LogP contribution in [0.4, 0.5) is 4.39 Å². The van der Waals surface area contributed by atoms with Crippen molar-refractivity contribution in [1.82, 2.24) is 14.8 Å². The van der Waals surface area contributed by atoms with Crippen LogP contribution in [0.5, 0.6) is 0 Å². The van der Waals surface area contributed by atoms with Gasteiger partial charge in [-0.3, -0.25) is 0 Å². The molecular formula is C7H10FN3O2. The number of nitrogens with zero attached hydrogens (tertiary/aromatic N) is 3. The molecule has 1 atom stereocenters. The van der Waals surface area contributed by atoms with Crippen LogP contribution >= 0.6 is 0 Å². The summed E-state index contributed by atoms with van der Waals surface area (Å²) in [6.07, 6.45) is 0.418. The molecule has 0 saturated carbocycles. The maximum Gasteiger partial charge on any atom is 0.373 e. The average molecular weight is 187 g/mol. The van der Waals surface area contributed by atoms with Gasteiger partial charge < -0.3 is 5.11 Å². The van der Waals surface area contributed by atoms with Gasteiger partial charge in [0.25, 0.3) is 0 Å². The molecule has 0 aliphatic heterocycles. The van der Waals surface area contributed by atoms with Crippen LogP contribution in [0.3, 0.4) is 0 Å². The van der Waals surface area contributed by atoms with Crippen molar-refractivity contribution in [3.8, 4) is 0 Å². The van der Waals surface area contributed by atoms with Crippen molar-refractivity contribution in [3.05, 3.63) is 12.2 Å². The highest BCUT2D eigenvalue weighted by atomic mass is 19.1. The Kier molecular flexibility index (Phi) is 2.94. The highest BCUT2D eigenvalue weighted by molar-refractivity contribution is 5.83. The van der Waals surface area contributed by atoms with Crippen molar-refractivity contribution < 1.29 is 14.3 Å². The first-order chi connectivity index (χ1) is 6.11. The third-order valence-electron chi connectivity index (χ3n) is 1.55. The first-order valence-electron chi connectivity index (χ1n) is 3.86. The Labute approximate surface area is 74.2 Å². The summed E-state index contributed by atoms with van der Waals surface area (Å²) in [5.74, 6) is -1.30. The van der Waals surface area contributed by atoms with Crippen molar-refractivity contribution in [2.24, 2.45) is 0 Å². The molecule has 6 heteroatoms. The fraction of sp³-hybridized carbons (Fsp3) is 0.571. The van der Waals surface area contributed by atoms with Gasteiger partial charge in [-0.05, 0) is 13.3 Å². The van der Waals surface area contributed by atoms with E-state index in [0.29, 0.717) is 0 Å². The summed E-state index contributed by atoms with van der Waals surface area (Å²) in [4.78, 5) is 14.0. The van der Waals surface area contributed by atoms with Crippen LogP contribution in [0.15, 0.2) is 6.33 Å². The zero-order valence-electron chi connectivity index (χ0n) is 7.14. The third kappa shape index (κ3) is 2.50. The summed E-state index contributed by atoms with van der Waals surface area (Å²) in [5, 5.41) is 12.3. The summed E-state index contributed by atoms with van der Waals surface area (Å²) in [5.41, 5.74) is 0. The lowest BCUT2D eigenvalue weighted by atomic mass is 10.3. The maximum absolute atomic E-state index is 12.4. The van der Waals surface area contributed by atoms with E-state index in [1.165, 1.54) is 11.6 Å². The molecule has 1 heterocycles. The molecule has 0 fully saturated rings. The molecule has 0 spiro atoms. The summed E-state index contributed by atoms with van der Waals surface area (Å²) >= 11 is 0. The Morgan fingerprint density at radius 1 is 1.85 bits per heavy atom. The molecule has 0 amide bonds. The van der Waals surface area contributed by atoms with Crippen molar-refractivity contribution in [3.63, 3.8) is 0 Å². The smallest absolute Gasteiger partial charge is 0.373 e. The summed E-state index contributed by atoms with van der Waals surface area (Å²) < 4.78 is 13.6. The van der Waals surface area contributed by atoms with Gasteiger partial charge in [0.2, 0.25) is 5.82 Å². The highest BCUT2D eigenvalue weighted by Crippen LogP contribution is 2.01. The van der Waals surface area contributed by atoms with E-state index < -0.39 is 12.1 Å². The molecule has 13 heavy (non-hydrogen) atoms. The van der Waals surface area contributed by atoms with Gasteiger partial charge in [0.05, 0.1) is 6.17 Å². The van der Waals surface area contributed by atoms with E-state index in [2.05, 4.69) is 10.1 Å². The molecule has 72 valence electrons. The molecular weight excluding hydrogens is 177 g/mol. The normalized spacial score (nSPS) is 12.8. The van der Waals surface area contributed by atoms with E-state index in [1.807, 2.05) is 0 Å². The first kappa shape index (κ1) is 9.63. The second kappa shape index (κ2) is 3.97. The van der Waals surface area contributed by atoms with E-state index in [0.717, 1.165) is 6.33 Å². The van der Waals surface area contributed by atoms with Gasteiger partial charge >= 0.3 is 5.97 Å². The lowest BCUT2D eigenvalue weighted by Gasteiger charge is -2.02. The average Bonchev–Trinajstić information content (AvgIpc) is 2.47. The second-order valence-electron chi connectivity index (χ2n) is 2.68. The van der Waals surface area contributed by atoms with Crippen LogP contribution in [0.1, 0.15) is 24.0 Å². The molecule has 1 aromatic rings. The zero-order chi connectivity index (χ0) is 9.84. The lowest BCUT2D eigenvalue weighted by Crippen LogP contribution is -2.13. The van der Waals surface area contributed by atoms with E-state index in [1.54, 1.807) is 0 Å². The molecule has 1 aromatic heterocycles.